The normalized spacial score (nSPS) is 23.2. The highest BCUT2D eigenvalue weighted by Gasteiger charge is 2.38. The molecule has 0 amide bonds. The van der Waals surface area contributed by atoms with Crippen molar-refractivity contribution in [2.75, 3.05) is 18.1 Å². The molecular weight excluding hydrogens is 222 g/mol. The lowest BCUT2D eigenvalue weighted by Gasteiger charge is -2.50. The van der Waals surface area contributed by atoms with Gasteiger partial charge < -0.3 is 10.0 Å². The Hall–Kier alpha value is -1.02. The van der Waals surface area contributed by atoms with E-state index in [0.29, 0.717) is 5.92 Å². The molecule has 1 aromatic rings. The van der Waals surface area contributed by atoms with Gasteiger partial charge >= 0.3 is 0 Å². The largest absolute Gasteiger partial charge is 0.396 e. The first kappa shape index (κ1) is 13.4. The van der Waals surface area contributed by atoms with E-state index in [1.54, 1.807) is 0 Å². The number of aliphatic hydroxyl groups is 1. The number of benzene rings is 1. The van der Waals surface area contributed by atoms with E-state index in [-0.39, 0.29) is 12.1 Å². The Kier molecular flexibility index (Phi) is 3.67. The highest BCUT2D eigenvalue weighted by atomic mass is 16.3. The SMILES string of the molecule is Cc1cccc(C)c1N1CCCC(CO)C1(C)C. The Morgan fingerprint density at radius 1 is 1.28 bits per heavy atom. The number of para-hydroxylation sites is 1. The topological polar surface area (TPSA) is 23.5 Å². The molecule has 1 N–H and O–H groups in total. The van der Waals surface area contributed by atoms with Crippen LogP contribution in [-0.2, 0) is 0 Å². The van der Waals surface area contributed by atoms with Crippen LogP contribution in [0.3, 0.4) is 0 Å². The van der Waals surface area contributed by atoms with Crippen molar-refractivity contribution in [1.82, 2.24) is 0 Å². The third kappa shape index (κ3) is 2.14. The Bertz CT molecular complexity index is 405. The average molecular weight is 247 g/mol. The van der Waals surface area contributed by atoms with Crippen LogP contribution < -0.4 is 4.90 Å². The standard InChI is InChI=1S/C16H25NO/c1-12-7-5-8-13(2)15(12)17-10-6-9-14(11-18)16(17,3)4/h5,7-8,14,18H,6,9-11H2,1-4H3. The fourth-order valence-electron chi connectivity index (χ4n) is 3.30. The van der Waals surface area contributed by atoms with Crippen molar-refractivity contribution >= 4 is 5.69 Å². The van der Waals surface area contributed by atoms with Crippen molar-refractivity contribution in [2.24, 2.45) is 5.92 Å². The first-order valence-electron chi connectivity index (χ1n) is 6.93. The molecule has 18 heavy (non-hydrogen) atoms. The van der Waals surface area contributed by atoms with Gasteiger partial charge in [-0.15, -0.1) is 0 Å². The van der Waals surface area contributed by atoms with Gasteiger partial charge in [-0.25, -0.2) is 0 Å². The third-order valence-electron chi connectivity index (χ3n) is 4.56. The number of aryl methyl sites for hydroxylation is 2. The second-order valence-corrected chi connectivity index (χ2v) is 6.07. The molecule has 0 aromatic heterocycles. The first-order chi connectivity index (χ1) is 8.48. The zero-order valence-electron chi connectivity index (χ0n) is 12.0. The maximum Gasteiger partial charge on any atom is 0.0481 e. The summed E-state index contributed by atoms with van der Waals surface area (Å²) in [6.45, 7) is 10.3. The number of nitrogens with zero attached hydrogens (tertiary/aromatic N) is 1. The minimum atomic E-state index is 0.0316. The minimum Gasteiger partial charge on any atom is -0.396 e. The summed E-state index contributed by atoms with van der Waals surface area (Å²) < 4.78 is 0. The van der Waals surface area contributed by atoms with Crippen LogP contribution in [0.15, 0.2) is 18.2 Å². The molecule has 1 aliphatic heterocycles. The van der Waals surface area contributed by atoms with E-state index in [2.05, 4.69) is 50.8 Å². The van der Waals surface area contributed by atoms with Gasteiger partial charge in [-0.3, -0.25) is 0 Å². The first-order valence-corrected chi connectivity index (χ1v) is 6.93. The van der Waals surface area contributed by atoms with Crippen LogP contribution in [0, 0.1) is 19.8 Å². The molecular formula is C16H25NO. The third-order valence-corrected chi connectivity index (χ3v) is 4.56. The van der Waals surface area contributed by atoms with Gasteiger partial charge in [-0.2, -0.15) is 0 Å². The van der Waals surface area contributed by atoms with Crippen LogP contribution >= 0.6 is 0 Å². The van der Waals surface area contributed by atoms with Gasteiger partial charge in [0, 0.05) is 30.3 Å². The Morgan fingerprint density at radius 3 is 2.44 bits per heavy atom. The fourth-order valence-corrected chi connectivity index (χ4v) is 3.30. The zero-order chi connectivity index (χ0) is 13.3. The van der Waals surface area contributed by atoms with E-state index in [4.69, 9.17) is 0 Å². The van der Waals surface area contributed by atoms with E-state index in [0.717, 1.165) is 13.0 Å². The van der Waals surface area contributed by atoms with Crippen LogP contribution in [0.2, 0.25) is 0 Å². The van der Waals surface area contributed by atoms with E-state index in [1.807, 2.05) is 0 Å². The summed E-state index contributed by atoms with van der Waals surface area (Å²) in [5.41, 5.74) is 4.06. The number of aliphatic hydroxyl groups excluding tert-OH is 1. The lowest BCUT2D eigenvalue weighted by Crippen LogP contribution is -2.55. The number of hydrogen-bond acceptors (Lipinski definition) is 2. The van der Waals surface area contributed by atoms with Crippen LogP contribution in [-0.4, -0.2) is 23.8 Å². The lowest BCUT2D eigenvalue weighted by atomic mass is 9.78. The van der Waals surface area contributed by atoms with Crippen LogP contribution in [0.25, 0.3) is 0 Å². The average Bonchev–Trinajstić information content (AvgIpc) is 2.30. The summed E-state index contributed by atoms with van der Waals surface area (Å²) in [4.78, 5) is 2.50. The maximum absolute atomic E-state index is 9.60. The summed E-state index contributed by atoms with van der Waals surface area (Å²) in [6, 6.07) is 6.48. The van der Waals surface area contributed by atoms with E-state index in [9.17, 15) is 5.11 Å². The van der Waals surface area contributed by atoms with Crippen molar-refractivity contribution in [2.45, 2.75) is 46.1 Å². The van der Waals surface area contributed by atoms with E-state index < -0.39 is 0 Å². The Balaban J connectivity index is 2.43. The molecule has 1 atom stereocenters. The predicted molar refractivity (Wildman–Crippen MR) is 77.2 cm³/mol. The summed E-state index contributed by atoms with van der Waals surface area (Å²) in [7, 11) is 0. The molecule has 1 fully saturated rings. The molecule has 0 radical (unpaired) electrons. The molecule has 2 rings (SSSR count). The van der Waals surface area contributed by atoms with Crippen LogP contribution in [0.4, 0.5) is 5.69 Å². The monoisotopic (exact) mass is 247 g/mol. The molecule has 1 saturated heterocycles. The molecule has 100 valence electrons. The number of piperidine rings is 1. The summed E-state index contributed by atoms with van der Waals surface area (Å²) in [5, 5.41) is 9.60. The van der Waals surface area contributed by atoms with Crippen LogP contribution in [0.1, 0.15) is 37.8 Å². The molecule has 0 aliphatic carbocycles. The number of anilines is 1. The molecule has 2 heteroatoms. The molecule has 1 heterocycles. The van der Waals surface area contributed by atoms with E-state index >= 15 is 0 Å². The summed E-state index contributed by atoms with van der Waals surface area (Å²) >= 11 is 0. The highest BCUT2D eigenvalue weighted by Crippen LogP contribution is 2.39. The summed E-state index contributed by atoms with van der Waals surface area (Å²) in [6.07, 6.45) is 2.30. The van der Waals surface area contributed by atoms with E-state index in [1.165, 1.54) is 23.2 Å². The highest BCUT2D eigenvalue weighted by molar-refractivity contribution is 5.60. The van der Waals surface area contributed by atoms with Crippen molar-refractivity contribution in [3.63, 3.8) is 0 Å². The van der Waals surface area contributed by atoms with Gasteiger partial charge in [0.25, 0.3) is 0 Å². The number of hydrogen-bond donors (Lipinski definition) is 1. The van der Waals surface area contributed by atoms with Crippen molar-refractivity contribution in [3.05, 3.63) is 29.3 Å². The quantitative estimate of drug-likeness (QED) is 0.867. The molecule has 2 nitrogen and oxygen atoms in total. The molecule has 0 saturated carbocycles. The smallest absolute Gasteiger partial charge is 0.0481 e. The van der Waals surface area contributed by atoms with Crippen molar-refractivity contribution in [1.29, 1.82) is 0 Å². The van der Waals surface area contributed by atoms with Crippen molar-refractivity contribution < 1.29 is 5.11 Å². The molecule has 0 bridgehead atoms. The van der Waals surface area contributed by atoms with Gasteiger partial charge in [-0.05, 0) is 51.7 Å². The van der Waals surface area contributed by atoms with Crippen LogP contribution in [0.5, 0.6) is 0 Å². The number of rotatable bonds is 2. The molecule has 1 aliphatic rings. The maximum atomic E-state index is 9.60. The van der Waals surface area contributed by atoms with Gasteiger partial charge in [0.05, 0.1) is 0 Å². The Morgan fingerprint density at radius 2 is 1.89 bits per heavy atom. The summed E-state index contributed by atoms with van der Waals surface area (Å²) in [5.74, 6) is 0.366. The molecule has 1 aromatic carbocycles. The van der Waals surface area contributed by atoms with Gasteiger partial charge in [0.2, 0.25) is 0 Å². The zero-order valence-corrected chi connectivity index (χ0v) is 12.0. The van der Waals surface area contributed by atoms with Crippen molar-refractivity contribution in [3.8, 4) is 0 Å². The second-order valence-electron chi connectivity index (χ2n) is 6.07. The van der Waals surface area contributed by atoms with Gasteiger partial charge in [0.1, 0.15) is 0 Å². The lowest BCUT2D eigenvalue weighted by molar-refractivity contribution is 0.135. The second kappa shape index (κ2) is 4.93. The van der Waals surface area contributed by atoms with Gasteiger partial charge in [-0.1, -0.05) is 18.2 Å². The Labute approximate surface area is 111 Å². The predicted octanol–water partition coefficient (Wildman–Crippen LogP) is 3.29. The fraction of sp³-hybridized carbons (Fsp3) is 0.625. The molecule has 0 spiro atoms. The minimum absolute atomic E-state index is 0.0316. The molecule has 1 unspecified atom stereocenters. The van der Waals surface area contributed by atoms with Gasteiger partial charge in [0.15, 0.2) is 0 Å².